The Labute approximate surface area is 163 Å². The number of benzene rings is 2. The van der Waals surface area contributed by atoms with Crippen LogP contribution in [0.25, 0.3) is 0 Å². The first kappa shape index (κ1) is 20.9. The van der Waals surface area contributed by atoms with Crippen LogP contribution in [0, 0.1) is 17.0 Å². The second kappa shape index (κ2) is 9.50. The monoisotopic (exact) mass is 385 g/mol. The Hall–Kier alpha value is -3.42. The molecule has 0 aliphatic carbocycles. The van der Waals surface area contributed by atoms with Crippen LogP contribution in [0.1, 0.15) is 27.9 Å². The number of ether oxygens (including phenoxy) is 1. The van der Waals surface area contributed by atoms with E-state index >= 15 is 0 Å². The molecule has 0 radical (unpaired) electrons. The van der Waals surface area contributed by atoms with Crippen LogP contribution < -0.4 is 10.1 Å². The highest BCUT2D eigenvalue weighted by atomic mass is 16.6. The molecule has 0 unspecified atom stereocenters. The van der Waals surface area contributed by atoms with Gasteiger partial charge in [0.25, 0.3) is 11.6 Å². The summed E-state index contributed by atoms with van der Waals surface area (Å²) in [5, 5.41) is 13.3. The topological polar surface area (TPSA) is 102 Å². The molecule has 0 atom stereocenters. The van der Waals surface area contributed by atoms with Crippen LogP contribution in [-0.2, 0) is 11.3 Å². The summed E-state index contributed by atoms with van der Waals surface area (Å²) in [5.41, 5.74) is 2.20. The summed E-state index contributed by atoms with van der Waals surface area (Å²) in [5.74, 6) is 0.218. The Morgan fingerprint density at radius 1 is 1.18 bits per heavy atom. The van der Waals surface area contributed by atoms with Gasteiger partial charge in [0.2, 0.25) is 5.91 Å². The molecule has 8 heteroatoms. The van der Waals surface area contributed by atoms with Gasteiger partial charge in [-0.15, -0.1) is 0 Å². The summed E-state index contributed by atoms with van der Waals surface area (Å²) < 4.78 is 5.33. The number of nitrogens with one attached hydrogen (secondary N) is 1. The maximum Gasteiger partial charge on any atom is 0.269 e. The Bertz CT molecular complexity index is 865. The Kier molecular flexibility index (Phi) is 7.08. The number of methoxy groups -OCH3 is 1. The lowest BCUT2D eigenvalue weighted by molar-refractivity contribution is -0.384. The van der Waals surface area contributed by atoms with Crippen molar-refractivity contribution in [3.05, 3.63) is 69.3 Å². The number of aryl methyl sites for hydroxylation is 1. The average Bonchev–Trinajstić information content (AvgIpc) is 2.68. The summed E-state index contributed by atoms with van der Waals surface area (Å²) in [7, 11) is 3.28. The maximum atomic E-state index is 12.3. The molecule has 0 fully saturated rings. The summed E-state index contributed by atoms with van der Waals surface area (Å²) in [6.07, 6.45) is 0.142. The molecule has 0 aliphatic heterocycles. The highest BCUT2D eigenvalue weighted by Gasteiger charge is 2.14. The Morgan fingerprint density at radius 3 is 2.46 bits per heavy atom. The Balaban J connectivity index is 1.85. The normalized spacial score (nSPS) is 10.2. The van der Waals surface area contributed by atoms with E-state index in [-0.39, 0.29) is 30.5 Å². The van der Waals surface area contributed by atoms with Crippen molar-refractivity contribution in [2.45, 2.75) is 19.9 Å². The number of hydrogen-bond donors (Lipinski definition) is 1. The van der Waals surface area contributed by atoms with E-state index in [1.807, 2.05) is 25.1 Å². The smallest absolute Gasteiger partial charge is 0.269 e. The molecule has 0 spiro atoms. The van der Waals surface area contributed by atoms with Crippen molar-refractivity contribution in [2.24, 2.45) is 0 Å². The van der Waals surface area contributed by atoms with E-state index in [1.54, 1.807) is 19.1 Å². The number of carbonyl (C=O) groups is 2. The summed E-state index contributed by atoms with van der Waals surface area (Å²) in [6, 6.07) is 11.1. The zero-order valence-electron chi connectivity index (χ0n) is 16.1. The second-order valence-electron chi connectivity index (χ2n) is 6.37. The van der Waals surface area contributed by atoms with Gasteiger partial charge in [-0.25, -0.2) is 0 Å². The quantitative estimate of drug-likeness (QED) is 0.556. The van der Waals surface area contributed by atoms with Crippen LogP contribution in [0.2, 0.25) is 0 Å². The van der Waals surface area contributed by atoms with Gasteiger partial charge in [-0.3, -0.25) is 19.7 Å². The molecular weight excluding hydrogens is 362 g/mol. The SMILES string of the molecule is COc1ccc(C)cc1CN(C)C(=O)CCNC(=O)c1ccc([N+](=O)[O-])cc1. The summed E-state index contributed by atoms with van der Waals surface area (Å²) in [4.78, 5) is 36.1. The third-order valence-corrected chi connectivity index (χ3v) is 4.23. The minimum absolute atomic E-state index is 0.0834. The van der Waals surface area contributed by atoms with Gasteiger partial charge in [-0.2, -0.15) is 0 Å². The van der Waals surface area contributed by atoms with E-state index in [4.69, 9.17) is 4.74 Å². The fourth-order valence-electron chi connectivity index (χ4n) is 2.69. The highest BCUT2D eigenvalue weighted by Crippen LogP contribution is 2.21. The predicted molar refractivity (Wildman–Crippen MR) is 104 cm³/mol. The van der Waals surface area contributed by atoms with Crippen LogP contribution in [0.5, 0.6) is 5.75 Å². The predicted octanol–water partition coefficient (Wildman–Crippen LogP) is 2.69. The molecular formula is C20H23N3O5. The van der Waals surface area contributed by atoms with Gasteiger partial charge in [0.1, 0.15) is 5.75 Å². The maximum absolute atomic E-state index is 12.3. The molecule has 1 N–H and O–H groups in total. The minimum atomic E-state index is -0.528. The molecule has 8 nitrogen and oxygen atoms in total. The second-order valence-corrected chi connectivity index (χ2v) is 6.37. The van der Waals surface area contributed by atoms with E-state index in [0.717, 1.165) is 16.9 Å². The summed E-state index contributed by atoms with van der Waals surface area (Å²) in [6.45, 7) is 2.54. The number of nitro benzene ring substituents is 1. The van der Waals surface area contributed by atoms with Gasteiger partial charge in [-0.05, 0) is 25.1 Å². The fraction of sp³-hybridized carbons (Fsp3) is 0.300. The third kappa shape index (κ3) is 5.54. The van der Waals surface area contributed by atoms with E-state index in [9.17, 15) is 19.7 Å². The number of hydrogen-bond acceptors (Lipinski definition) is 5. The minimum Gasteiger partial charge on any atom is -0.496 e. The molecule has 0 aromatic heterocycles. The molecule has 0 bridgehead atoms. The number of amides is 2. The van der Waals surface area contributed by atoms with Gasteiger partial charge < -0.3 is 15.0 Å². The number of carbonyl (C=O) groups excluding carboxylic acids is 2. The molecule has 28 heavy (non-hydrogen) atoms. The number of rotatable bonds is 8. The van der Waals surface area contributed by atoms with Crippen molar-refractivity contribution in [1.82, 2.24) is 10.2 Å². The number of non-ortho nitro benzene ring substituents is 1. The van der Waals surface area contributed by atoms with Crippen molar-refractivity contribution in [2.75, 3.05) is 20.7 Å². The largest absolute Gasteiger partial charge is 0.496 e. The molecule has 148 valence electrons. The number of nitro groups is 1. The van der Waals surface area contributed by atoms with E-state index in [1.165, 1.54) is 24.3 Å². The lowest BCUT2D eigenvalue weighted by atomic mass is 10.1. The van der Waals surface area contributed by atoms with Crippen LogP contribution in [0.4, 0.5) is 5.69 Å². The molecule has 0 saturated heterocycles. The van der Waals surface area contributed by atoms with Crippen molar-refractivity contribution in [3.8, 4) is 5.75 Å². The standard InChI is InChI=1S/C20H23N3O5/c1-14-4-9-18(28-3)16(12-14)13-22(2)19(24)10-11-21-20(25)15-5-7-17(8-6-15)23(26)27/h4-9,12H,10-11,13H2,1-3H3,(H,21,25). The molecule has 2 amide bonds. The van der Waals surface area contributed by atoms with Crippen molar-refractivity contribution >= 4 is 17.5 Å². The van der Waals surface area contributed by atoms with E-state index in [0.29, 0.717) is 12.1 Å². The zero-order valence-corrected chi connectivity index (χ0v) is 16.1. The molecule has 2 aromatic carbocycles. The van der Waals surface area contributed by atoms with Crippen LogP contribution in [0.3, 0.4) is 0 Å². The van der Waals surface area contributed by atoms with Crippen LogP contribution in [-0.4, -0.2) is 42.3 Å². The van der Waals surface area contributed by atoms with Gasteiger partial charge in [-0.1, -0.05) is 17.7 Å². The van der Waals surface area contributed by atoms with Gasteiger partial charge in [0.05, 0.1) is 12.0 Å². The first-order chi connectivity index (χ1) is 13.3. The molecule has 0 heterocycles. The van der Waals surface area contributed by atoms with Crippen molar-refractivity contribution in [3.63, 3.8) is 0 Å². The van der Waals surface area contributed by atoms with E-state index in [2.05, 4.69) is 5.32 Å². The lowest BCUT2D eigenvalue weighted by Crippen LogP contribution is -2.32. The Morgan fingerprint density at radius 2 is 1.86 bits per heavy atom. The molecule has 2 aromatic rings. The van der Waals surface area contributed by atoms with Gasteiger partial charge in [0.15, 0.2) is 0 Å². The zero-order chi connectivity index (χ0) is 20.7. The van der Waals surface area contributed by atoms with E-state index < -0.39 is 4.92 Å². The van der Waals surface area contributed by atoms with Crippen molar-refractivity contribution in [1.29, 1.82) is 0 Å². The lowest BCUT2D eigenvalue weighted by Gasteiger charge is -2.19. The van der Waals surface area contributed by atoms with Crippen LogP contribution >= 0.6 is 0 Å². The molecule has 0 aliphatic rings. The molecule has 0 saturated carbocycles. The summed E-state index contributed by atoms with van der Waals surface area (Å²) >= 11 is 0. The third-order valence-electron chi connectivity index (χ3n) is 4.23. The first-order valence-electron chi connectivity index (χ1n) is 8.72. The van der Waals surface area contributed by atoms with Crippen LogP contribution in [0.15, 0.2) is 42.5 Å². The number of nitrogens with zero attached hydrogens (tertiary/aromatic N) is 2. The van der Waals surface area contributed by atoms with Gasteiger partial charge in [0, 0.05) is 49.8 Å². The van der Waals surface area contributed by atoms with Gasteiger partial charge >= 0.3 is 0 Å². The first-order valence-corrected chi connectivity index (χ1v) is 8.72. The highest BCUT2D eigenvalue weighted by molar-refractivity contribution is 5.94. The average molecular weight is 385 g/mol. The fourth-order valence-corrected chi connectivity index (χ4v) is 2.69. The van der Waals surface area contributed by atoms with Crippen molar-refractivity contribution < 1.29 is 19.2 Å². The molecule has 2 rings (SSSR count).